The summed E-state index contributed by atoms with van der Waals surface area (Å²) >= 11 is 5.88. The van der Waals surface area contributed by atoms with Gasteiger partial charge >= 0.3 is 0 Å². The molecule has 1 aliphatic rings. The van der Waals surface area contributed by atoms with Crippen LogP contribution in [0.4, 0.5) is 11.4 Å². The second kappa shape index (κ2) is 10.5. The molecule has 9 heteroatoms. The second-order valence-corrected chi connectivity index (χ2v) is 9.36. The molecule has 2 N–H and O–H groups in total. The normalized spacial score (nSPS) is 17.1. The van der Waals surface area contributed by atoms with E-state index in [-0.39, 0.29) is 24.6 Å². The summed E-state index contributed by atoms with van der Waals surface area (Å²) in [5, 5.41) is 7.00. The van der Waals surface area contributed by atoms with Crippen molar-refractivity contribution in [3.05, 3.63) is 102 Å². The summed E-state index contributed by atoms with van der Waals surface area (Å²) < 4.78 is 7.03. The number of anilines is 2. The van der Waals surface area contributed by atoms with Crippen molar-refractivity contribution in [2.75, 3.05) is 23.9 Å². The zero-order chi connectivity index (χ0) is 25.9. The lowest BCUT2D eigenvalue weighted by Gasteiger charge is -2.29. The number of pyridine rings is 2. The predicted octanol–water partition coefficient (Wildman–Crippen LogP) is 4.65. The average molecular weight is 513 g/mol. The van der Waals surface area contributed by atoms with Crippen molar-refractivity contribution in [2.45, 2.75) is 25.9 Å². The first-order valence-electron chi connectivity index (χ1n) is 12.0. The van der Waals surface area contributed by atoms with Gasteiger partial charge in [-0.2, -0.15) is 0 Å². The van der Waals surface area contributed by atoms with Crippen LogP contribution in [0.15, 0.2) is 79.3 Å². The molecule has 1 amide bonds. The van der Waals surface area contributed by atoms with Crippen LogP contribution in [0.25, 0.3) is 5.82 Å². The molecule has 188 valence electrons. The summed E-state index contributed by atoms with van der Waals surface area (Å²) in [6.45, 7) is 3.98. The molecule has 0 spiro atoms. The zero-order valence-electron chi connectivity index (χ0n) is 20.9. The highest BCUT2D eigenvalue weighted by atomic mass is 32.1. The van der Waals surface area contributed by atoms with Gasteiger partial charge in [0.1, 0.15) is 18.5 Å². The maximum absolute atomic E-state index is 12.1. The molecule has 4 aromatic rings. The minimum absolute atomic E-state index is 0.000806. The Balaban J connectivity index is 1.58. The van der Waals surface area contributed by atoms with Crippen molar-refractivity contribution in [3.8, 4) is 5.82 Å². The number of hydrogen-bond acceptors (Lipinski definition) is 5. The van der Waals surface area contributed by atoms with Crippen molar-refractivity contribution in [1.82, 2.24) is 19.9 Å². The minimum Gasteiger partial charge on any atom is -0.375 e. The number of aromatic nitrogens is 3. The number of rotatable bonds is 7. The smallest absolute Gasteiger partial charge is 0.250 e. The Morgan fingerprint density at radius 1 is 1.11 bits per heavy atom. The number of methoxy groups -OCH3 is 1. The molecule has 8 nitrogen and oxygen atoms in total. The van der Waals surface area contributed by atoms with Crippen LogP contribution in [0.3, 0.4) is 0 Å². The van der Waals surface area contributed by atoms with Gasteiger partial charge < -0.3 is 24.8 Å². The SMILES string of the molecule is COCC(=O)Nc1ccc(N2C(=S)NC(c3ccccn3)C2c2cccn2-c2ccc(C)cn2)cc1C. The molecule has 3 aromatic heterocycles. The van der Waals surface area contributed by atoms with E-state index in [0.717, 1.165) is 39.7 Å². The van der Waals surface area contributed by atoms with Crippen LogP contribution in [0.1, 0.15) is 34.6 Å². The molecule has 1 fully saturated rings. The fourth-order valence-electron chi connectivity index (χ4n) is 4.64. The van der Waals surface area contributed by atoms with E-state index in [1.165, 1.54) is 7.11 Å². The molecule has 0 aliphatic carbocycles. The molecule has 1 saturated heterocycles. The van der Waals surface area contributed by atoms with E-state index in [1.807, 2.05) is 74.8 Å². The molecule has 1 aliphatic heterocycles. The lowest BCUT2D eigenvalue weighted by molar-refractivity contribution is -0.119. The second-order valence-electron chi connectivity index (χ2n) is 8.97. The fourth-order valence-corrected chi connectivity index (χ4v) is 4.98. The molecule has 1 aromatic carbocycles. The number of aryl methyl sites for hydroxylation is 2. The predicted molar refractivity (Wildman–Crippen MR) is 148 cm³/mol. The Morgan fingerprint density at radius 2 is 1.97 bits per heavy atom. The van der Waals surface area contributed by atoms with Crippen molar-refractivity contribution in [1.29, 1.82) is 0 Å². The molecule has 4 heterocycles. The minimum atomic E-state index is -0.201. The summed E-state index contributed by atoms with van der Waals surface area (Å²) in [5.41, 5.74) is 5.57. The van der Waals surface area contributed by atoms with Gasteiger partial charge in [0.2, 0.25) is 5.91 Å². The number of benzene rings is 1. The van der Waals surface area contributed by atoms with E-state index >= 15 is 0 Å². The molecule has 37 heavy (non-hydrogen) atoms. The number of thiocarbonyl (C=S) groups is 1. The summed E-state index contributed by atoms with van der Waals surface area (Å²) in [6, 6.07) is 19.6. The monoisotopic (exact) mass is 512 g/mol. The third-order valence-corrected chi connectivity index (χ3v) is 6.68. The average Bonchev–Trinajstić information content (AvgIpc) is 3.51. The Labute approximate surface area is 221 Å². The molecule has 2 unspecified atom stereocenters. The molecule has 2 atom stereocenters. The van der Waals surface area contributed by atoms with E-state index in [0.29, 0.717) is 5.11 Å². The van der Waals surface area contributed by atoms with Gasteiger partial charge in [0.15, 0.2) is 5.11 Å². The van der Waals surface area contributed by atoms with E-state index in [1.54, 1.807) is 6.20 Å². The van der Waals surface area contributed by atoms with Gasteiger partial charge in [-0.1, -0.05) is 12.1 Å². The number of ether oxygens (including phenoxy) is 1. The number of amides is 1. The molecule has 5 rings (SSSR count). The molecular weight excluding hydrogens is 484 g/mol. The van der Waals surface area contributed by atoms with E-state index in [9.17, 15) is 4.79 Å². The van der Waals surface area contributed by atoms with Gasteiger partial charge in [-0.15, -0.1) is 0 Å². The van der Waals surface area contributed by atoms with Gasteiger partial charge in [-0.05, 0) is 85.7 Å². The van der Waals surface area contributed by atoms with Crippen LogP contribution in [-0.2, 0) is 9.53 Å². The number of carbonyl (C=O) groups is 1. The van der Waals surface area contributed by atoms with Gasteiger partial charge in [0.05, 0.1) is 11.7 Å². The van der Waals surface area contributed by atoms with Gasteiger partial charge in [0, 0.05) is 42.8 Å². The van der Waals surface area contributed by atoms with Gasteiger partial charge in [-0.25, -0.2) is 4.98 Å². The standard InChI is InChI=1S/C28H28N6O2S/c1-18-9-12-24(30-16-18)33-14-6-8-23(33)27-26(22-7-4-5-13-29-22)32-28(37)34(27)20-10-11-21(19(2)15-20)31-25(35)17-36-3/h4-16,26-27H,17H2,1-3H3,(H,31,35)(H,32,37). The van der Waals surface area contributed by atoms with Crippen LogP contribution in [0.2, 0.25) is 0 Å². The number of carbonyl (C=O) groups excluding carboxylic acids is 1. The Hall–Kier alpha value is -4.08. The Bertz CT molecular complexity index is 1420. The van der Waals surface area contributed by atoms with Crippen LogP contribution < -0.4 is 15.5 Å². The third kappa shape index (κ3) is 4.96. The maximum atomic E-state index is 12.1. The highest BCUT2D eigenvalue weighted by Crippen LogP contribution is 2.42. The van der Waals surface area contributed by atoms with Gasteiger partial charge in [0.25, 0.3) is 0 Å². The van der Waals surface area contributed by atoms with E-state index in [2.05, 4.69) is 42.2 Å². The third-order valence-electron chi connectivity index (χ3n) is 6.36. The molecular formula is C28H28N6O2S. The fraction of sp³-hybridized carbons (Fsp3) is 0.214. The van der Waals surface area contributed by atoms with E-state index in [4.69, 9.17) is 17.0 Å². The Morgan fingerprint density at radius 3 is 2.68 bits per heavy atom. The zero-order valence-corrected chi connectivity index (χ0v) is 21.7. The topological polar surface area (TPSA) is 84.3 Å². The quantitative estimate of drug-likeness (QED) is 0.349. The number of nitrogens with zero attached hydrogens (tertiary/aromatic N) is 4. The maximum Gasteiger partial charge on any atom is 0.250 e. The highest BCUT2D eigenvalue weighted by Gasteiger charge is 2.42. The van der Waals surface area contributed by atoms with Crippen LogP contribution in [0.5, 0.6) is 0 Å². The van der Waals surface area contributed by atoms with Crippen molar-refractivity contribution >= 4 is 34.6 Å². The highest BCUT2D eigenvalue weighted by molar-refractivity contribution is 7.80. The van der Waals surface area contributed by atoms with Crippen molar-refractivity contribution in [3.63, 3.8) is 0 Å². The lowest BCUT2D eigenvalue weighted by atomic mass is 10.0. The number of nitrogens with one attached hydrogen (secondary N) is 2. The Kier molecular flexibility index (Phi) is 6.98. The first-order valence-corrected chi connectivity index (χ1v) is 12.4. The lowest BCUT2D eigenvalue weighted by Crippen LogP contribution is -2.30. The molecule has 0 saturated carbocycles. The molecule has 0 radical (unpaired) electrons. The first kappa shape index (κ1) is 24.6. The summed E-state index contributed by atoms with van der Waals surface area (Å²) in [6.07, 6.45) is 5.67. The van der Waals surface area contributed by atoms with E-state index < -0.39 is 0 Å². The van der Waals surface area contributed by atoms with Crippen molar-refractivity contribution < 1.29 is 9.53 Å². The number of hydrogen-bond donors (Lipinski definition) is 2. The van der Waals surface area contributed by atoms with Crippen LogP contribution in [-0.4, -0.2) is 39.3 Å². The summed E-state index contributed by atoms with van der Waals surface area (Å²) in [7, 11) is 1.50. The van der Waals surface area contributed by atoms with Crippen LogP contribution in [0, 0.1) is 13.8 Å². The molecule has 0 bridgehead atoms. The summed E-state index contributed by atoms with van der Waals surface area (Å²) in [4.78, 5) is 23.5. The van der Waals surface area contributed by atoms with Gasteiger partial charge in [-0.3, -0.25) is 9.78 Å². The summed E-state index contributed by atoms with van der Waals surface area (Å²) in [5.74, 6) is 0.628. The largest absolute Gasteiger partial charge is 0.375 e. The van der Waals surface area contributed by atoms with Crippen LogP contribution >= 0.6 is 12.2 Å². The van der Waals surface area contributed by atoms with Crippen molar-refractivity contribution in [2.24, 2.45) is 0 Å². The first-order chi connectivity index (χ1) is 18.0.